The van der Waals surface area contributed by atoms with Crippen molar-refractivity contribution in [2.24, 2.45) is 0 Å². The first-order valence-electron chi connectivity index (χ1n) is 9.60. The van der Waals surface area contributed by atoms with Crippen molar-refractivity contribution < 1.29 is 14.3 Å². The van der Waals surface area contributed by atoms with Crippen LogP contribution in [0.3, 0.4) is 0 Å². The Labute approximate surface area is 188 Å². The lowest BCUT2D eigenvalue weighted by molar-refractivity contribution is -0.123. The first-order chi connectivity index (χ1) is 14.4. The highest BCUT2D eigenvalue weighted by Gasteiger charge is 2.35. The molecule has 1 aliphatic heterocycles. The molecule has 1 aliphatic rings. The van der Waals surface area contributed by atoms with Crippen LogP contribution in [-0.4, -0.2) is 22.2 Å². The Morgan fingerprint density at radius 2 is 1.83 bits per heavy atom. The van der Waals surface area contributed by atoms with E-state index in [9.17, 15) is 9.59 Å². The van der Waals surface area contributed by atoms with Gasteiger partial charge in [-0.25, -0.2) is 0 Å². The van der Waals surface area contributed by atoms with E-state index >= 15 is 0 Å². The molecule has 0 aromatic heterocycles. The second-order valence-corrected chi connectivity index (χ2v) is 9.11. The number of hydrogen-bond acceptors (Lipinski definition) is 4. The third-order valence-corrected chi connectivity index (χ3v) is 6.23. The molecule has 0 unspecified atom stereocenters. The zero-order valence-electron chi connectivity index (χ0n) is 16.6. The fourth-order valence-electron chi connectivity index (χ4n) is 3.34. The summed E-state index contributed by atoms with van der Waals surface area (Å²) in [6, 6.07) is 19.5. The van der Waals surface area contributed by atoms with Gasteiger partial charge in [0.15, 0.2) is 0 Å². The molecule has 0 radical (unpaired) electrons. The molecule has 152 valence electrons. The van der Waals surface area contributed by atoms with Crippen LogP contribution in [0.25, 0.3) is 16.8 Å². The molecule has 0 aliphatic carbocycles. The van der Waals surface area contributed by atoms with Crippen molar-refractivity contribution in [2.75, 3.05) is 0 Å². The van der Waals surface area contributed by atoms with Gasteiger partial charge in [0.2, 0.25) is 0 Å². The number of imide groups is 1. The topological polar surface area (TPSA) is 46.6 Å². The minimum absolute atomic E-state index is 0.0673. The number of thioether (sulfide) groups is 1. The summed E-state index contributed by atoms with van der Waals surface area (Å²) in [5.41, 5.74) is 1.78. The summed E-state index contributed by atoms with van der Waals surface area (Å²) in [5.74, 6) is 0.475. The molecule has 0 bridgehead atoms. The van der Waals surface area contributed by atoms with E-state index in [4.69, 9.17) is 4.74 Å². The Balaban J connectivity index is 1.57. The number of benzene rings is 3. The molecule has 0 N–H and O–H groups in total. The quantitative estimate of drug-likeness (QED) is 0.383. The Kier molecular flexibility index (Phi) is 5.97. The Morgan fingerprint density at radius 1 is 1.07 bits per heavy atom. The molecule has 0 saturated carbocycles. The standard InChI is InChI=1S/C24H20BrNO3S/c1-15(2)29-21-11-10-16(12-20(21)25)13-22-23(27)26(24(28)30-22)14-18-8-5-7-17-6-3-4-9-19(17)18/h3-13,15H,14H2,1-2H3/b22-13+. The normalized spacial score (nSPS) is 15.6. The van der Waals surface area contributed by atoms with E-state index in [0.717, 1.165) is 43.9 Å². The van der Waals surface area contributed by atoms with Crippen molar-refractivity contribution in [3.05, 3.63) is 81.2 Å². The van der Waals surface area contributed by atoms with Gasteiger partial charge in [0.25, 0.3) is 11.1 Å². The number of fused-ring (bicyclic) bond motifs is 1. The van der Waals surface area contributed by atoms with Gasteiger partial charge in [-0.3, -0.25) is 14.5 Å². The van der Waals surface area contributed by atoms with Crippen molar-refractivity contribution in [1.29, 1.82) is 0 Å². The van der Waals surface area contributed by atoms with Crippen LogP contribution in [0.5, 0.6) is 5.75 Å². The molecule has 2 amide bonds. The summed E-state index contributed by atoms with van der Waals surface area (Å²) < 4.78 is 6.53. The molecule has 6 heteroatoms. The fourth-order valence-corrected chi connectivity index (χ4v) is 4.67. The van der Waals surface area contributed by atoms with Crippen LogP contribution in [0, 0.1) is 0 Å². The molecule has 3 aromatic rings. The predicted molar refractivity (Wildman–Crippen MR) is 125 cm³/mol. The van der Waals surface area contributed by atoms with Gasteiger partial charge in [0.1, 0.15) is 5.75 Å². The van der Waals surface area contributed by atoms with Gasteiger partial charge in [-0.05, 0) is 81.6 Å². The van der Waals surface area contributed by atoms with Crippen LogP contribution in [0.4, 0.5) is 4.79 Å². The lowest BCUT2D eigenvalue weighted by Gasteiger charge is -2.14. The van der Waals surface area contributed by atoms with Gasteiger partial charge in [-0.1, -0.05) is 48.5 Å². The van der Waals surface area contributed by atoms with Crippen LogP contribution in [0.15, 0.2) is 70.0 Å². The number of carbonyl (C=O) groups excluding carboxylic acids is 2. The minimum atomic E-state index is -0.267. The van der Waals surface area contributed by atoms with E-state index in [1.807, 2.05) is 74.5 Å². The number of hydrogen-bond donors (Lipinski definition) is 0. The number of nitrogens with zero attached hydrogens (tertiary/aromatic N) is 1. The van der Waals surface area contributed by atoms with E-state index < -0.39 is 0 Å². The number of amides is 2. The molecule has 4 nitrogen and oxygen atoms in total. The summed E-state index contributed by atoms with van der Waals surface area (Å²) in [4.78, 5) is 27.2. The second kappa shape index (κ2) is 8.66. The first kappa shape index (κ1) is 20.7. The molecular formula is C24H20BrNO3S. The van der Waals surface area contributed by atoms with Gasteiger partial charge in [-0.15, -0.1) is 0 Å². The second-order valence-electron chi connectivity index (χ2n) is 7.26. The smallest absolute Gasteiger partial charge is 0.293 e. The predicted octanol–water partition coefficient (Wildman–Crippen LogP) is 6.63. The fraction of sp³-hybridized carbons (Fsp3) is 0.167. The van der Waals surface area contributed by atoms with Crippen molar-refractivity contribution in [3.8, 4) is 5.75 Å². The van der Waals surface area contributed by atoms with Gasteiger partial charge in [0, 0.05) is 0 Å². The maximum atomic E-state index is 12.9. The lowest BCUT2D eigenvalue weighted by Crippen LogP contribution is -2.27. The highest BCUT2D eigenvalue weighted by Crippen LogP contribution is 2.35. The summed E-state index contributed by atoms with van der Waals surface area (Å²) in [6.45, 7) is 4.19. The van der Waals surface area contributed by atoms with E-state index in [1.54, 1.807) is 6.08 Å². The zero-order valence-corrected chi connectivity index (χ0v) is 19.0. The van der Waals surface area contributed by atoms with Gasteiger partial charge >= 0.3 is 0 Å². The van der Waals surface area contributed by atoms with E-state index in [-0.39, 0.29) is 23.8 Å². The molecule has 1 heterocycles. The van der Waals surface area contributed by atoms with Crippen LogP contribution < -0.4 is 4.74 Å². The highest BCUT2D eigenvalue weighted by atomic mass is 79.9. The van der Waals surface area contributed by atoms with Crippen molar-refractivity contribution in [2.45, 2.75) is 26.5 Å². The average molecular weight is 482 g/mol. The molecule has 1 fully saturated rings. The maximum Gasteiger partial charge on any atom is 0.293 e. The largest absolute Gasteiger partial charge is 0.490 e. The molecule has 1 saturated heterocycles. The Bertz CT molecular complexity index is 1170. The van der Waals surface area contributed by atoms with Crippen molar-refractivity contribution >= 4 is 55.7 Å². The van der Waals surface area contributed by atoms with Crippen LogP contribution >= 0.6 is 27.7 Å². The molecule has 30 heavy (non-hydrogen) atoms. The number of carbonyl (C=O) groups is 2. The lowest BCUT2D eigenvalue weighted by atomic mass is 10.0. The van der Waals surface area contributed by atoms with Crippen LogP contribution in [0.1, 0.15) is 25.0 Å². The Hall–Kier alpha value is -2.57. The summed E-state index contributed by atoms with van der Waals surface area (Å²) in [5, 5.41) is 1.89. The van der Waals surface area contributed by atoms with Gasteiger partial charge in [-0.2, -0.15) is 0 Å². The number of rotatable bonds is 5. The molecular weight excluding hydrogens is 462 g/mol. The van der Waals surface area contributed by atoms with Crippen molar-refractivity contribution in [3.63, 3.8) is 0 Å². The third kappa shape index (κ3) is 4.30. The van der Waals surface area contributed by atoms with E-state index in [1.165, 1.54) is 4.90 Å². The maximum absolute atomic E-state index is 12.9. The van der Waals surface area contributed by atoms with E-state index in [2.05, 4.69) is 15.9 Å². The first-order valence-corrected chi connectivity index (χ1v) is 11.2. The summed E-state index contributed by atoms with van der Waals surface area (Å²) >= 11 is 4.48. The molecule has 3 aromatic carbocycles. The monoisotopic (exact) mass is 481 g/mol. The van der Waals surface area contributed by atoms with Gasteiger partial charge < -0.3 is 4.74 Å². The molecule has 0 atom stereocenters. The number of ether oxygens (including phenoxy) is 1. The number of halogens is 1. The molecule has 4 rings (SSSR count). The average Bonchev–Trinajstić information content (AvgIpc) is 2.97. The third-order valence-electron chi connectivity index (χ3n) is 4.70. The van der Waals surface area contributed by atoms with Gasteiger partial charge in [0.05, 0.1) is 22.0 Å². The minimum Gasteiger partial charge on any atom is -0.490 e. The molecule has 0 spiro atoms. The Morgan fingerprint density at radius 3 is 2.60 bits per heavy atom. The SMILES string of the molecule is CC(C)Oc1ccc(/C=C2/SC(=O)N(Cc3cccc4ccccc34)C2=O)cc1Br. The summed E-state index contributed by atoms with van der Waals surface area (Å²) in [6.07, 6.45) is 1.82. The highest BCUT2D eigenvalue weighted by molar-refractivity contribution is 9.10. The van der Waals surface area contributed by atoms with Crippen LogP contribution in [-0.2, 0) is 11.3 Å². The van der Waals surface area contributed by atoms with Crippen LogP contribution in [0.2, 0.25) is 0 Å². The van der Waals surface area contributed by atoms with Crippen molar-refractivity contribution in [1.82, 2.24) is 4.90 Å². The van der Waals surface area contributed by atoms with E-state index in [0.29, 0.717) is 4.91 Å². The summed E-state index contributed by atoms with van der Waals surface area (Å²) in [7, 11) is 0. The zero-order chi connectivity index (χ0) is 21.3.